The van der Waals surface area contributed by atoms with Gasteiger partial charge in [-0.3, -0.25) is 0 Å². The summed E-state index contributed by atoms with van der Waals surface area (Å²) >= 11 is 0. The zero-order valence-corrected chi connectivity index (χ0v) is 15.2. The van der Waals surface area contributed by atoms with Crippen molar-refractivity contribution in [3.63, 3.8) is 0 Å². The quantitative estimate of drug-likeness (QED) is 0.230. The predicted molar refractivity (Wildman–Crippen MR) is 86.6 cm³/mol. The molecule has 2 radical (unpaired) electrons. The van der Waals surface area contributed by atoms with Crippen LogP contribution >= 0.6 is 0 Å². The molecule has 132 valence electrons. The van der Waals surface area contributed by atoms with Gasteiger partial charge in [0.15, 0.2) is 0 Å². The van der Waals surface area contributed by atoms with Crippen molar-refractivity contribution in [2.75, 3.05) is 52.9 Å². The molecule has 0 aliphatic carbocycles. The van der Waals surface area contributed by atoms with E-state index in [2.05, 4.69) is 5.32 Å². The van der Waals surface area contributed by atoms with Crippen molar-refractivity contribution in [2.45, 2.75) is 39.2 Å². The fraction of sp³-hybridized carbons (Fsp3) is 1.00. The lowest BCUT2D eigenvalue weighted by molar-refractivity contribution is -0.393. The number of hydrogen-bond acceptors (Lipinski definition) is 7. The molecule has 22 heavy (non-hydrogen) atoms. The summed E-state index contributed by atoms with van der Waals surface area (Å²) in [6, 6.07) is 1.01. The Hall–Kier alpha value is -0.0631. The van der Waals surface area contributed by atoms with Crippen LogP contribution in [-0.2, 0) is 23.4 Å². The zero-order chi connectivity index (χ0) is 16.5. The lowest BCUT2D eigenvalue weighted by Gasteiger charge is -2.31. The van der Waals surface area contributed by atoms with Gasteiger partial charge in [-0.1, -0.05) is 0 Å². The number of nitrogens with one attached hydrogen (secondary N) is 1. The van der Waals surface area contributed by atoms with Crippen LogP contribution in [-0.4, -0.2) is 68.6 Å². The van der Waals surface area contributed by atoms with Gasteiger partial charge >= 0.3 is 5.97 Å². The fourth-order valence-corrected chi connectivity index (χ4v) is 2.38. The van der Waals surface area contributed by atoms with E-state index >= 15 is 0 Å². The Kier molecular flexibility index (Phi) is 15.8. The van der Waals surface area contributed by atoms with E-state index in [1.165, 1.54) is 0 Å². The normalized spacial score (nSPS) is 12.0. The molecular formula is C14H32N2O5Si. The van der Waals surface area contributed by atoms with Crippen LogP contribution in [0, 0.1) is 0 Å². The van der Waals surface area contributed by atoms with Crippen LogP contribution in [0.1, 0.15) is 27.2 Å². The number of rotatable bonds is 17. The first-order valence-corrected chi connectivity index (χ1v) is 9.11. The lowest BCUT2D eigenvalue weighted by Crippen LogP contribution is -2.44. The first kappa shape index (κ1) is 21.9. The topological polar surface area (TPSA) is 84.2 Å². The van der Waals surface area contributed by atoms with E-state index in [0.717, 1.165) is 25.6 Å². The molecule has 0 spiro atoms. The molecule has 0 fully saturated rings. The molecule has 7 nitrogen and oxygen atoms in total. The van der Waals surface area contributed by atoms with Gasteiger partial charge in [-0.15, -0.1) is 0 Å². The predicted octanol–water partition coefficient (Wildman–Crippen LogP) is 0.716. The molecule has 0 aromatic rings. The third-order valence-corrected chi connectivity index (χ3v) is 3.45. The van der Waals surface area contributed by atoms with Crippen molar-refractivity contribution in [3.8, 4) is 0 Å². The Morgan fingerprint density at radius 3 is 2.18 bits per heavy atom. The van der Waals surface area contributed by atoms with Gasteiger partial charge in [-0.05, 0) is 39.8 Å². The minimum absolute atomic E-state index is 0.186. The summed E-state index contributed by atoms with van der Waals surface area (Å²) in [5, 5.41) is 3.24. The lowest BCUT2D eigenvalue weighted by atomic mass is 10.5. The zero-order valence-electron chi connectivity index (χ0n) is 14.2. The number of hydrogen-bond donors (Lipinski definition) is 2. The highest BCUT2D eigenvalue weighted by Gasteiger charge is 2.33. The Morgan fingerprint density at radius 2 is 1.64 bits per heavy atom. The Balaban J connectivity index is 3.70. The van der Waals surface area contributed by atoms with Crippen LogP contribution in [0.2, 0.25) is 6.04 Å². The van der Waals surface area contributed by atoms with E-state index < -0.39 is 5.97 Å². The second kappa shape index (κ2) is 15.8. The average Bonchev–Trinajstić information content (AvgIpc) is 2.50. The summed E-state index contributed by atoms with van der Waals surface area (Å²) in [5.41, 5.74) is 5.39. The maximum Gasteiger partial charge on any atom is 0.307 e. The van der Waals surface area contributed by atoms with Crippen LogP contribution in [0.25, 0.3) is 0 Å². The van der Waals surface area contributed by atoms with Crippen molar-refractivity contribution >= 4 is 9.76 Å². The molecule has 0 aliphatic heterocycles. The van der Waals surface area contributed by atoms with E-state index in [9.17, 15) is 0 Å². The highest BCUT2D eigenvalue weighted by molar-refractivity contribution is 6.26. The van der Waals surface area contributed by atoms with Gasteiger partial charge in [0.2, 0.25) is 9.76 Å². The van der Waals surface area contributed by atoms with E-state index in [4.69, 9.17) is 29.1 Å². The minimum Gasteiger partial charge on any atom is -0.395 e. The van der Waals surface area contributed by atoms with Crippen molar-refractivity contribution in [2.24, 2.45) is 5.73 Å². The summed E-state index contributed by atoms with van der Waals surface area (Å²) < 4.78 is 27.6. The number of ether oxygens (including phenoxy) is 4. The van der Waals surface area contributed by atoms with E-state index in [0.29, 0.717) is 36.1 Å². The molecule has 0 heterocycles. The van der Waals surface area contributed by atoms with Gasteiger partial charge in [-0.2, -0.15) is 0 Å². The molecule has 0 amide bonds. The maximum absolute atomic E-state index is 5.55. The summed E-state index contributed by atoms with van der Waals surface area (Å²) in [5.74, 6) is -1.13. The van der Waals surface area contributed by atoms with Crippen molar-refractivity contribution < 1.29 is 23.4 Å². The van der Waals surface area contributed by atoms with Crippen molar-refractivity contribution in [1.82, 2.24) is 5.32 Å². The Bertz CT molecular complexity index is 220. The first-order chi connectivity index (χ1) is 10.7. The van der Waals surface area contributed by atoms with Gasteiger partial charge in [0.1, 0.15) is 13.4 Å². The van der Waals surface area contributed by atoms with Crippen molar-refractivity contribution in [1.29, 1.82) is 0 Å². The summed E-state index contributed by atoms with van der Waals surface area (Å²) in [4.78, 5) is 0. The van der Waals surface area contributed by atoms with Crippen molar-refractivity contribution in [3.05, 3.63) is 0 Å². The van der Waals surface area contributed by atoms with Crippen LogP contribution in [0.3, 0.4) is 0 Å². The molecule has 0 aromatic carbocycles. The monoisotopic (exact) mass is 336 g/mol. The SMILES string of the molecule is CCOC(COCO[Si]CCCNCCN)(OCC)OCC. The molecule has 0 aliphatic rings. The second-order valence-electron chi connectivity index (χ2n) is 4.38. The molecule has 0 aromatic heterocycles. The molecular weight excluding hydrogens is 304 g/mol. The van der Waals surface area contributed by atoms with Gasteiger partial charge in [-0.25, -0.2) is 0 Å². The maximum atomic E-state index is 5.55. The van der Waals surface area contributed by atoms with Crippen LogP contribution < -0.4 is 11.1 Å². The standard InChI is InChI=1S/C14H32N2O5Si/c1-4-18-14(19-5-2,20-6-3)12-17-13-21-22-11-7-9-16-10-8-15/h16H,4-13,15H2,1-3H3. The van der Waals surface area contributed by atoms with Crippen LogP contribution in [0.4, 0.5) is 0 Å². The van der Waals surface area contributed by atoms with Gasteiger partial charge in [0.05, 0.1) is 0 Å². The first-order valence-electron chi connectivity index (χ1n) is 7.99. The average molecular weight is 337 g/mol. The molecule has 0 saturated carbocycles. The van der Waals surface area contributed by atoms with Crippen LogP contribution in [0.5, 0.6) is 0 Å². The van der Waals surface area contributed by atoms with Gasteiger partial charge in [0, 0.05) is 32.9 Å². The molecule has 0 unspecified atom stereocenters. The molecule has 3 N–H and O–H groups in total. The van der Waals surface area contributed by atoms with E-state index in [-0.39, 0.29) is 13.4 Å². The van der Waals surface area contributed by atoms with E-state index in [1.54, 1.807) is 0 Å². The summed E-state index contributed by atoms with van der Waals surface area (Å²) in [6.07, 6.45) is 1.07. The smallest absolute Gasteiger partial charge is 0.307 e. The number of nitrogens with two attached hydrogens (primary N) is 1. The molecule has 0 atom stereocenters. The fourth-order valence-electron chi connectivity index (χ4n) is 1.74. The third-order valence-electron chi connectivity index (χ3n) is 2.57. The minimum atomic E-state index is -1.13. The molecule has 0 bridgehead atoms. The molecule has 0 rings (SSSR count). The summed E-state index contributed by atoms with van der Waals surface area (Å²) in [6.45, 7) is 10.0. The Morgan fingerprint density at radius 1 is 1.00 bits per heavy atom. The largest absolute Gasteiger partial charge is 0.395 e. The van der Waals surface area contributed by atoms with Gasteiger partial charge in [0.25, 0.3) is 0 Å². The van der Waals surface area contributed by atoms with Gasteiger partial charge < -0.3 is 34.4 Å². The van der Waals surface area contributed by atoms with Crippen LogP contribution in [0.15, 0.2) is 0 Å². The highest BCUT2D eigenvalue weighted by Crippen LogP contribution is 2.16. The molecule has 0 saturated heterocycles. The third kappa shape index (κ3) is 11.5. The Labute approximate surface area is 137 Å². The highest BCUT2D eigenvalue weighted by atomic mass is 28.2. The van der Waals surface area contributed by atoms with E-state index in [1.807, 2.05) is 20.8 Å². The molecule has 8 heteroatoms. The second-order valence-corrected chi connectivity index (χ2v) is 5.46. The summed E-state index contributed by atoms with van der Waals surface area (Å²) in [7, 11) is 0.421.